The Morgan fingerprint density at radius 1 is 0.395 bits per heavy atom. The first kappa shape index (κ1) is 22.8. The van der Waals surface area contributed by atoms with Crippen LogP contribution in [0.15, 0.2) is 150 Å². The highest BCUT2D eigenvalue weighted by Gasteiger charge is 2.21. The van der Waals surface area contributed by atoms with E-state index in [9.17, 15) is 0 Å². The Morgan fingerprint density at radius 2 is 1.05 bits per heavy atom. The molecule has 0 saturated carbocycles. The lowest BCUT2D eigenvalue weighted by atomic mass is 10.1. The van der Waals surface area contributed by atoms with E-state index in [4.69, 9.17) is 4.42 Å². The van der Waals surface area contributed by atoms with Gasteiger partial charge in [0.15, 0.2) is 0 Å². The number of fused-ring (bicyclic) bond motifs is 11. The summed E-state index contributed by atoms with van der Waals surface area (Å²) >= 11 is 0. The second-order valence-electron chi connectivity index (χ2n) is 11.3. The molecule has 3 aromatic heterocycles. The van der Waals surface area contributed by atoms with E-state index < -0.39 is 0 Å². The maximum absolute atomic E-state index is 6.36. The average Bonchev–Trinajstić information content (AvgIpc) is 3.71. The summed E-state index contributed by atoms with van der Waals surface area (Å²) in [6, 6.07) is 52.3. The van der Waals surface area contributed by atoms with Crippen LogP contribution in [0.3, 0.4) is 0 Å². The molecule has 3 nitrogen and oxygen atoms in total. The fourth-order valence-electron chi connectivity index (χ4n) is 7.29. The summed E-state index contributed by atoms with van der Waals surface area (Å²) in [5.74, 6) is 0. The third-order valence-electron chi connectivity index (χ3n) is 9.10. The third kappa shape index (κ3) is 3.03. The van der Waals surface area contributed by atoms with Gasteiger partial charge in [0.2, 0.25) is 0 Å². The van der Waals surface area contributed by atoms with Gasteiger partial charge in [-0.25, -0.2) is 0 Å². The number of furan rings is 1. The van der Waals surface area contributed by atoms with Crippen molar-refractivity contribution in [2.75, 3.05) is 0 Å². The van der Waals surface area contributed by atoms with E-state index in [1.165, 1.54) is 60.1 Å². The van der Waals surface area contributed by atoms with Gasteiger partial charge in [-0.1, -0.05) is 97.1 Å². The maximum Gasteiger partial charge on any atom is 0.137 e. The summed E-state index contributed by atoms with van der Waals surface area (Å²) < 4.78 is 11.2. The fraction of sp³-hybridized carbons (Fsp3) is 0. The highest BCUT2D eigenvalue weighted by molar-refractivity contribution is 6.26. The number of hydrogen-bond acceptors (Lipinski definition) is 1. The lowest BCUT2D eigenvalue weighted by molar-refractivity contribution is 0.668. The van der Waals surface area contributed by atoms with Crippen LogP contribution in [-0.4, -0.2) is 9.13 Å². The highest BCUT2D eigenvalue weighted by Crippen LogP contribution is 2.43. The SMILES string of the molecule is c1ccc2c(-n3c4ccccc4c4c3ccc3c5ccccc5n(-c5ccc6c(c5)oc5ccccc56)c34)cccc2c1. The Hall–Kier alpha value is -5.80. The standard InChI is InChI=1S/C40H24N2O/c1-2-12-27-25(10-1)11-9-18-33(27)42-35-17-7-4-15-32(35)39-36(42)23-22-31-28-13-3-6-16-34(28)41(40(31)39)26-20-21-30-29-14-5-8-19-37(29)43-38(30)24-26/h1-24H. The molecule has 0 unspecified atom stereocenters. The Morgan fingerprint density at radius 3 is 1.93 bits per heavy atom. The van der Waals surface area contributed by atoms with Gasteiger partial charge in [0.25, 0.3) is 0 Å². The van der Waals surface area contributed by atoms with Gasteiger partial charge >= 0.3 is 0 Å². The first-order valence-corrected chi connectivity index (χ1v) is 14.7. The summed E-state index contributed by atoms with van der Waals surface area (Å²) in [5, 5.41) is 9.74. The predicted octanol–water partition coefficient (Wildman–Crippen LogP) is 10.9. The molecule has 0 aliphatic rings. The van der Waals surface area contributed by atoms with Crippen molar-refractivity contribution in [3.8, 4) is 11.4 Å². The van der Waals surface area contributed by atoms with E-state index in [2.05, 4.69) is 143 Å². The van der Waals surface area contributed by atoms with Crippen molar-refractivity contribution in [2.45, 2.75) is 0 Å². The number of para-hydroxylation sites is 3. The van der Waals surface area contributed by atoms with Gasteiger partial charge in [-0.3, -0.25) is 0 Å². The van der Waals surface area contributed by atoms with E-state index in [-0.39, 0.29) is 0 Å². The van der Waals surface area contributed by atoms with Crippen LogP contribution in [0.4, 0.5) is 0 Å². The van der Waals surface area contributed by atoms with Crippen molar-refractivity contribution in [1.29, 1.82) is 0 Å². The molecule has 0 N–H and O–H groups in total. The quantitative estimate of drug-likeness (QED) is 0.211. The van der Waals surface area contributed by atoms with Gasteiger partial charge in [-0.15, -0.1) is 0 Å². The largest absolute Gasteiger partial charge is 0.456 e. The Balaban J connectivity index is 1.39. The molecule has 200 valence electrons. The van der Waals surface area contributed by atoms with E-state index in [1.807, 2.05) is 12.1 Å². The summed E-state index contributed by atoms with van der Waals surface area (Å²) in [6.07, 6.45) is 0. The topological polar surface area (TPSA) is 23.0 Å². The van der Waals surface area contributed by atoms with Crippen LogP contribution in [0.1, 0.15) is 0 Å². The van der Waals surface area contributed by atoms with Gasteiger partial charge in [0.1, 0.15) is 11.2 Å². The molecule has 0 fully saturated rings. The zero-order chi connectivity index (χ0) is 28.1. The summed E-state index contributed by atoms with van der Waals surface area (Å²) in [6.45, 7) is 0. The van der Waals surface area contributed by atoms with Gasteiger partial charge in [-0.05, 0) is 47.9 Å². The molecule has 0 bridgehead atoms. The summed E-state index contributed by atoms with van der Waals surface area (Å²) in [7, 11) is 0. The normalized spacial score (nSPS) is 12.2. The van der Waals surface area contributed by atoms with Crippen molar-refractivity contribution in [2.24, 2.45) is 0 Å². The number of nitrogens with zero attached hydrogens (tertiary/aromatic N) is 2. The second kappa shape index (κ2) is 8.37. The second-order valence-corrected chi connectivity index (χ2v) is 11.3. The summed E-state index contributed by atoms with van der Waals surface area (Å²) in [5.41, 5.74) is 8.88. The molecule has 0 atom stereocenters. The third-order valence-corrected chi connectivity index (χ3v) is 9.10. The minimum atomic E-state index is 0.898. The molecule has 0 radical (unpaired) electrons. The van der Waals surface area contributed by atoms with Crippen LogP contribution in [0.5, 0.6) is 0 Å². The van der Waals surface area contributed by atoms with Crippen LogP contribution in [0.25, 0.3) is 87.7 Å². The number of benzene rings is 7. The molecule has 0 aliphatic heterocycles. The van der Waals surface area contributed by atoms with Crippen molar-refractivity contribution >= 4 is 76.3 Å². The lowest BCUT2D eigenvalue weighted by Gasteiger charge is -2.12. The summed E-state index contributed by atoms with van der Waals surface area (Å²) in [4.78, 5) is 0. The highest BCUT2D eigenvalue weighted by atomic mass is 16.3. The maximum atomic E-state index is 6.36. The number of aromatic nitrogens is 2. The fourth-order valence-corrected chi connectivity index (χ4v) is 7.29. The Kier molecular flexibility index (Phi) is 4.45. The van der Waals surface area contributed by atoms with Gasteiger partial charge in [0.05, 0.1) is 27.8 Å². The molecule has 3 heteroatoms. The molecule has 7 aromatic carbocycles. The van der Waals surface area contributed by atoms with E-state index in [1.54, 1.807) is 0 Å². The predicted molar refractivity (Wildman–Crippen MR) is 180 cm³/mol. The molecule has 0 amide bonds. The molecule has 0 saturated heterocycles. The number of hydrogen-bond donors (Lipinski definition) is 0. The Bertz CT molecular complexity index is 2730. The number of rotatable bonds is 2. The van der Waals surface area contributed by atoms with Crippen LogP contribution < -0.4 is 0 Å². The average molecular weight is 549 g/mol. The van der Waals surface area contributed by atoms with Gasteiger partial charge in [0, 0.05) is 49.5 Å². The zero-order valence-electron chi connectivity index (χ0n) is 23.2. The molecular weight excluding hydrogens is 524 g/mol. The van der Waals surface area contributed by atoms with Crippen molar-refractivity contribution in [3.05, 3.63) is 146 Å². The van der Waals surface area contributed by atoms with Crippen LogP contribution in [0.2, 0.25) is 0 Å². The van der Waals surface area contributed by atoms with Crippen LogP contribution >= 0.6 is 0 Å². The molecule has 43 heavy (non-hydrogen) atoms. The Labute approximate surface area is 246 Å². The first-order valence-electron chi connectivity index (χ1n) is 14.7. The molecule has 3 heterocycles. The van der Waals surface area contributed by atoms with E-state index in [0.29, 0.717) is 0 Å². The van der Waals surface area contributed by atoms with Gasteiger partial charge < -0.3 is 13.6 Å². The van der Waals surface area contributed by atoms with Crippen LogP contribution in [-0.2, 0) is 0 Å². The minimum Gasteiger partial charge on any atom is -0.456 e. The zero-order valence-corrected chi connectivity index (χ0v) is 23.2. The van der Waals surface area contributed by atoms with Crippen LogP contribution in [0, 0.1) is 0 Å². The monoisotopic (exact) mass is 548 g/mol. The van der Waals surface area contributed by atoms with Crippen molar-refractivity contribution in [1.82, 2.24) is 9.13 Å². The lowest BCUT2D eigenvalue weighted by Crippen LogP contribution is -1.96. The molecule has 0 aliphatic carbocycles. The minimum absolute atomic E-state index is 0.898. The molecule has 10 rings (SSSR count). The van der Waals surface area contributed by atoms with Crippen molar-refractivity contribution < 1.29 is 4.42 Å². The first-order chi connectivity index (χ1) is 21.3. The van der Waals surface area contributed by atoms with Gasteiger partial charge in [-0.2, -0.15) is 0 Å². The smallest absolute Gasteiger partial charge is 0.137 e. The molecule has 0 spiro atoms. The van der Waals surface area contributed by atoms with Crippen molar-refractivity contribution in [3.63, 3.8) is 0 Å². The van der Waals surface area contributed by atoms with E-state index in [0.717, 1.165) is 27.6 Å². The molecule has 10 aromatic rings. The van der Waals surface area contributed by atoms with E-state index >= 15 is 0 Å². The molecular formula is C40H24N2O.